The molecule has 2 amide bonds. The summed E-state index contributed by atoms with van der Waals surface area (Å²) < 4.78 is 5.21. The van der Waals surface area contributed by atoms with Crippen molar-refractivity contribution in [2.45, 2.75) is 12.8 Å². The van der Waals surface area contributed by atoms with Gasteiger partial charge in [-0.3, -0.25) is 14.4 Å². The molecule has 0 bridgehead atoms. The number of H-pyrrole nitrogens is 1. The molecule has 144 valence electrons. The minimum absolute atomic E-state index is 0.112. The fourth-order valence-corrected chi connectivity index (χ4v) is 2.93. The highest BCUT2D eigenvalue weighted by atomic mass is 16.5. The summed E-state index contributed by atoms with van der Waals surface area (Å²) in [6.45, 7) is 0. The van der Waals surface area contributed by atoms with Crippen LogP contribution in [-0.2, 0) is 11.2 Å². The Hall–Kier alpha value is -3.61. The molecule has 0 atom stereocenters. The largest absolute Gasteiger partial charge is 0.497 e. The van der Waals surface area contributed by atoms with Gasteiger partial charge in [-0.1, -0.05) is 12.1 Å². The second-order valence-electron chi connectivity index (χ2n) is 6.25. The Balaban J connectivity index is 1.74. The molecule has 7 nitrogen and oxygen atoms in total. The molecule has 0 saturated heterocycles. The summed E-state index contributed by atoms with van der Waals surface area (Å²) in [6, 6.07) is 13.9. The van der Waals surface area contributed by atoms with E-state index in [0.29, 0.717) is 28.1 Å². The predicted molar refractivity (Wildman–Crippen MR) is 108 cm³/mol. The van der Waals surface area contributed by atoms with E-state index in [9.17, 15) is 14.4 Å². The number of fused-ring (bicyclic) bond motifs is 1. The van der Waals surface area contributed by atoms with Gasteiger partial charge in [0.1, 0.15) is 5.75 Å². The Morgan fingerprint density at radius 2 is 1.89 bits per heavy atom. The fraction of sp³-hybridized carbons (Fsp3) is 0.190. The van der Waals surface area contributed by atoms with Crippen molar-refractivity contribution < 1.29 is 14.3 Å². The van der Waals surface area contributed by atoms with Crippen molar-refractivity contribution in [1.29, 1.82) is 0 Å². The van der Waals surface area contributed by atoms with Gasteiger partial charge in [0.25, 0.3) is 11.5 Å². The number of para-hydroxylation sites is 1. The van der Waals surface area contributed by atoms with Crippen LogP contribution in [0.2, 0.25) is 0 Å². The van der Waals surface area contributed by atoms with E-state index in [2.05, 4.69) is 15.6 Å². The van der Waals surface area contributed by atoms with Crippen LogP contribution in [0.3, 0.4) is 0 Å². The predicted octanol–water partition coefficient (Wildman–Crippen LogP) is 2.47. The molecule has 0 aliphatic carbocycles. The van der Waals surface area contributed by atoms with Gasteiger partial charge in [0.05, 0.1) is 18.4 Å². The summed E-state index contributed by atoms with van der Waals surface area (Å²) in [7, 11) is 3.11. The fourth-order valence-electron chi connectivity index (χ4n) is 2.93. The lowest BCUT2D eigenvalue weighted by Gasteiger charge is -2.10. The number of rotatable bonds is 6. The summed E-state index contributed by atoms with van der Waals surface area (Å²) in [5.41, 5.74) is 1.81. The Morgan fingerprint density at radius 1 is 1.11 bits per heavy atom. The number of pyridine rings is 1. The van der Waals surface area contributed by atoms with Crippen molar-refractivity contribution in [3.8, 4) is 5.75 Å². The van der Waals surface area contributed by atoms with Crippen LogP contribution >= 0.6 is 0 Å². The van der Waals surface area contributed by atoms with Crippen molar-refractivity contribution in [2.75, 3.05) is 19.5 Å². The second-order valence-corrected chi connectivity index (χ2v) is 6.25. The Bertz CT molecular complexity index is 1090. The highest BCUT2D eigenvalue weighted by molar-refractivity contribution is 6.03. The lowest BCUT2D eigenvalue weighted by Crippen LogP contribution is -2.22. The van der Waals surface area contributed by atoms with Crippen LogP contribution in [0.25, 0.3) is 10.9 Å². The number of hydrogen-bond donors (Lipinski definition) is 3. The number of carbonyl (C=O) groups is 2. The van der Waals surface area contributed by atoms with E-state index in [1.807, 2.05) is 6.07 Å². The van der Waals surface area contributed by atoms with Crippen LogP contribution in [0.5, 0.6) is 5.75 Å². The van der Waals surface area contributed by atoms with Crippen LogP contribution in [0.15, 0.2) is 53.3 Å². The van der Waals surface area contributed by atoms with Gasteiger partial charge in [0.15, 0.2) is 0 Å². The zero-order valence-corrected chi connectivity index (χ0v) is 15.7. The van der Waals surface area contributed by atoms with Crippen molar-refractivity contribution in [1.82, 2.24) is 10.3 Å². The normalized spacial score (nSPS) is 10.5. The average Bonchev–Trinajstić information content (AvgIpc) is 2.71. The van der Waals surface area contributed by atoms with Crippen LogP contribution < -0.4 is 20.9 Å². The third-order valence-electron chi connectivity index (χ3n) is 4.42. The number of aromatic nitrogens is 1. The average molecular weight is 379 g/mol. The molecule has 0 spiro atoms. The number of amides is 2. The zero-order valence-electron chi connectivity index (χ0n) is 15.7. The molecular weight excluding hydrogens is 358 g/mol. The first-order chi connectivity index (χ1) is 13.5. The number of benzene rings is 2. The lowest BCUT2D eigenvalue weighted by atomic mass is 10.1. The maximum absolute atomic E-state index is 12.3. The standard InChI is InChI=1S/C21H21N3O4/c1-22-21(27)16-5-3-4-6-18(16)23-19(25)10-7-13-11-14-12-15(28-2)8-9-17(14)24-20(13)26/h3-6,8-9,11-12H,7,10H2,1-2H3,(H,22,27)(H,23,25)(H,24,26). The molecule has 2 aromatic carbocycles. The molecule has 3 N–H and O–H groups in total. The third kappa shape index (κ3) is 4.20. The van der Waals surface area contributed by atoms with Crippen LogP contribution in [-0.4, -0.2) is 31.0 Å². The highest BCUT2D eigenvalue weighted by Gasteiger charge is 2.12. The molecule has 0 radical (unpaired) electrons. The molecule has 28 heavy (non-hydrogen) atoms. The first-order valence-corrected chi connectivity index (χ1v) is 8.82. The summed E-state index contributed by atoms with van der Waals surface area (Å²) in [5, 5.41) is 6.11. The summed E-state index contributed by atoms with van der Waals surface area (Å²) in [4.78, 5) is 39.3. The molecule has 0 aliphatic heterocycles. The van der Waals surface area contributed by atoms with E-state index in [1.54, 1.807) is 49.6 Å². The van der Waals surface area contributed by atoms with Crippen molar-refractivity contribution in [3.63, 3.8) is 0 Å². The van der Waals surface area contributed by atoms with E-state index in [-0.39, 0.29) is 30.2 Å². The number of methoxy groups -OCH3 is 1. The Morgan fingerprint density at radius 3 is 2.64 bits per heavy atom. The minimum Gasteiger partial charge on any atom is -0.497 e. The number of carbonyl (C=O) groups excluding carboxylic acids is 2. The van der Waals surface area contributed by atoms with E-state index < -0.39 is 0 Å². The number of nitrogens with one attached hydrogen (secondary N) is 3. The number of ether oxygens (including phenoxy) is 1. The van der Waals surface area contributed by atoms with Gasteiger partial charge >= 0.3 is 0 Å². The number of hydrogen-bond acceptors (Lipinski definition) is 4. The minimum atomic E-state index is -0.282. The molecule has 0 saturated carbocycles. The number of anilines is 1. The van der Waals surface area contributed by atoms with Crippen LogP contribution in [0, 0.1) is 0 Å². The van der Waals surface area contributed by atoms with E-state index in [0.717, 1.165) is 5.39 Å². The zero-order chi connectivity index (χ0) is 20.1. The summed E-state index contributed by atoms with van der Waals surface area (Å²) in [5.74, 6) is 0.131. The molecule has 1 aromatic heterocycles. The SMILES string of the molecule is CNC(=O)c1ccccc1NC(=O)CCc1cc2cc(OC)ccc2[nH]c1=O. The topological polar surface area (TPSA) is 100 Å². The van der Waals surface area contributed by atoms with Crippen molar-refractivity contribution >= 4 is 28.4 Å². The molecule has 3 aromatic rings. The first kappa shape index (κ1) is 19.2. The van der Waals surface area contributed by atoms with Gasteiger partial charge in [0, 0.05) is 29.9 Å². The van der Waals surface area contributed by atoms with Gasteiger partial charge in [-0.25, -0.2) is 0 Å². The summed E-state index contributed by atoms with van der Waals surface area (Å²) in [6.07, 6.45) is 0.386. The molecule has 0 aliphatic rings. The van der Waals surface area contributed by atoms with Gasteiger partial charge in [-0.2, -0.15) is 0 Å². The van der Waals surface area contributed by atoms with E-state index >= 15 is 0 Å². The molecule has 0 unspecified atom stereocenters. The maximum atomic E-state index is 12.3. The monoisotopic (exact) mass is 379 g/mol. The number of aromatic amines is 1. The van der Waals surface area contributed by atoms with Gasteiger partial charge in [-0.15, -0.1) is 0 Å². The second kappa shape index (κ2) is 8.39. The quantitative estimate of drug-likeness (QED) is 0.612. The molecular formula is C21H21N3O4. The smallest absolute Gasteiger partial charge is 0.253 e. The molecule has 0 fully saturated rings. The molecule has 7 heteroatoms. The van der Waals surface area contributed by atoms with Crippen molar-refractivity contribution in [3.05, 3.63) is 70.0 Å². The van der Waals surface area contributed by atoms with Crippen molar-refractivity contribution in [2.24, 2.45) is 0 Å². The van der Waals surface area contributed by atoms with E-state index in [4.69, 9.17) is 4.74 Å². The maximum Gasteiger partial charge on any atom is 0.253 e. The van der Waals surface area contributed by atoms with Gasteiger partial charge < -0.3 is 20.4 Å². The molecule has 1 heterocycles. The highest BCUT2D eigenvalue weighted by Crippen LogP contribution is 2.19. The third-order valence-corrected chi connectivity index (χ3v) is 4.42. The van der Waals surface area contributed by atoms with Gasteiger partial charge in [0.2, 0.25) is 5.91 Å². The van der Waals surface area contributed by atoms with Crippen LogP contribution in [0.1, 0.15) is 22.3 Å². The van der Waals surface area contributed by atoms with Gasteiger partial charge in [-0.05, 0) is 42.8 Å². The number of aryl methyl sites for hydroxylation is 1. The lowest BCUT2D eigenvalue weighted by molar-refractivity contribution is -0.116. The first-order valence-electron chi connectivity index (χ1n) is 8.82. The summed E-state index contributed by atoms with van der Waals surface area (Å²) >= 11 is 0. The Labute approximate surface area is 161 Å². The van der Waals surface area contributed by atoms with Crippen LogP contribution in [0.4, 0.5) is 5.69 Å². The Kier molecular flexibility index (Phi) is 5.74. The molecule has 3 rings (SSSR count). The van der Waals surface area contributed by atoms with E-state index in [1.165, 1.54) is 7.05 Å².